The number of aliphatic hydroxyl groups excluding tert-OH is 7. The van der Waals surface area contributed by atoms with Gasteiger partial charge >= 0.3 is 0 Å². The zero-order valence-corrected chi connectivity index (χ0v) is 27.3. The van der Waals surface area contributed by atoms with E-state index >= 15 is 0 Å². The Kier molecular flexibility index (Phi) is 10.8. The van der Waals surface area contributed by atoms with Gasteiger partial charge in [0.05, 0.1) is 44.6 Å². The van der Waals surface area contributed by atoms with Gasteiger partial charge in [-0.25, -0.2) is 10.1 Å². The number of hydrogen-bond donors (Lipinski definition) is 8. The lowest BCUT2D eigenvalue weighted by Crippen LogP contribution is -2.64. The fourth-order valence-electron chi connectivity index (χ4n) is 7.27. The van der Waals surface area contributed by atoms with E-state index in [-0.39, 0.29) is 42.7 Å². The Bertz CT molecular complexity index is 1490. The molecule has 0 radical (unpaired) electrons. The van der Waals surface area contributed by atoms with Gasteiger partial charge in [0.25, 0.3) is 0 Å². The van der Waals surface area contributed by atoms with Gasteiger partial charge in [0.1, 0.15) is 42.4 Å². The third-order valence-corrected chi connectivity index (χ3v) is 10.2. The van der Waals surface area contributed by atoms with Crippen LogP contribution >= 0.6 is 0 Å². The summed E-state index contributed by atoms with van der Waals surface area (Å²) in [5.41, 5.74) is 0.954. The van der Waals surface area contributed by atoms with Crippen molar-refractivity contribution in [2.75, 3.05) is 33.7 Å². The minimum atomic E-state index is -1.90. The monoisotopic (exact) mass is 726 g/mol. The Labute approximate surface area is 291 Å². The van der Waals surface area contributed by atoms with Crippen LogP contribution in [0.3, 0.4) is 0 Å². The van der Waals surface area contributed by atoms with E-state index in [9.17, 15) is 41.0 Å². The van der Waals surface area contributed by atoms with Crippen molar-refractivity contribution in [3.05, 3.63) is 42.0 Å². The lowest BCUT2D eigenvalue weighted by molar-refractivity contribution is -0.412. The van der Waals surface area contributed by atoms with Crippen molar-refractivity contribution < 1.29 is 88.5 Å². The molecule has 7 rings (SSSR count). The molecule has 15 atom stereocenters. The third kappa shape index (κ3) is 6.93. The quantitative estimate of drug-likeness (QED) is 0.0756. The van der Waals surface area contributed by atoms with Crippen LogP contribution in [0.15, 0.2) is 36.4 Å². The van der Waals surface area contributed by atoms with Gasteiger partial charge in [-0.2, -0.15) is 0 Å². The van der Waals surface area contributed by atoms with Crippen molar-refractivity contribution in [3.8, 4) is 28.7 Å². The predicted octanol–water partition coefficient (Wildman–Crippen LogP) is -1.35. The first-order valence-corrected chi connectivity index (χ1v) is 16.6. The molecule has 1 aliphatic carbocycles. The van der Waals surface area contributed by atoms with Crippen LogP contribution in [0.5, 0.6) is 28.7 Å². The van der Waals surface area contributed by atoms with E-state index in [1.54, 1.807) is 6.07 Å². The van der Waals surface area contributed by atoms with E-state index in [1.807, 2.05) is 18.2 Å². The molecule has 8 N–H and O–H groups in total. The molecule has 4 aliphatic heterocycles. The molecule has 18 nitrogen and oxygen atoms in total. The zero-order valence-electron chi connectivity index (χ0n) is 27.3. The molecule has 282 valence electrons. The van der Waals surface area contributed by atoms with E-state index in [0.717, 1.165) is 5.56 Å². The summed E-state index contributed by atoms with van der Waals surface area (Å²) in [6.07, 6.45) is -18.0. The number of rotatable bonds is 11. The van der Waals surface area contributed by atoms with Gasteiger partial charge in [-0.05, 0) is 36.2 Å². The second-order valence-electron chi connectivity index (χ2n) is 13.2. The van der Waals surface area contributed by atoms with E-state index in [2.05, 4.69) is 4.89 Å². The Hall–Kier alpha value is -3.08. The van der Waals surface area contributed by atoms with Crippen molar-refractivity contribution in [1.82, 2.24) is 0 Å². The number of methoxy groups -OCH3 is 1. The van der Waals surface area contributed by atoms with Crippen molar-refractivity contribution in [2.45, 2.75) is 80.2 Å². The first kappa shape index (κ1) is 36.3. The molecule has 0 unspecified atom stereocenters. The highest BCUT2D eigenvalue weighted by Crippen LogP contribution is 2.47. The first-order valence-electron chi connectivity index (χ1n) is 16.6. The molecular weight excluding hydrogens is 684 g/mol. The fourth-order valence-corrected chi connectivity index (χ4v) is 7.27. The van der Waals surface area contributed by atoms with E-state index in [4.69, 9.17) is 42.6 Å². The SMILES string of the molecule is COc1cc(O[C@H]2OC[C@H]3[C@H]2CO[C@@H]3c2ccc3c(c2)OCO3)ccc1O[C@H]1O[C@H]([C@@H](OO)O[C@H]2C[C@H](CO)[C@@H](O)[C@H](O)[C@H]2O)[C@@H](O)[C@H](O)[C@H]1O. The van der Waals surface area contributed by atoms with Gasteiger partial charge in [-0.15, -0.1) is 0 Å². The average Bonchev–Trinajstić information content (AvgIpc) is 3.89. The molecule has 0 bridgehead atoms. The van der Waals surface area contributed by atoms with Crippen LogP contribution in [-0.2, 0) is 23.8 Å². The van der Waals surface area contributed by atoms with Crippen LogP contribution in [0.1, 0.15) is 18.1 Å². The molecular formula is C33H42O18. The molecule has 5 aliphatic rings. The topological polar surface area (TPSA) is 254 Å². The molecule has 2 aromatic rings. The second-order valence-corrected chi connectivity index (χ2v) is 13.2. The highest BCUT2D eigenvalue weighted by Gasteiger charge is 2.52. The molecule has 4 heterocycles. The van der Waals surface area contributed by atoms with Crippen LogP contribution in [0, 0.1) is 17.8 Å². The van der Waals surface area contributed by atoms with Crippen molar-refractivity contribution in [3.63, 3.8) is 0 Å². The molecule has 3 saturated heterocycles. The number of aliphatic hydroxyl groups is 7. The molecule has 0 aromatic heterocycles. The maximum atomic E-state index is 10.7. The first-order chi connectivity index (χ1) is 24.6. The summed E-state index contributed by atoms with van der Waals surface area (Å²) in [6, 6.07) is 10.3. The summed E-state index contributed by atoms with van der Waals surface area (Å²) in [4.78, 5) is 4.38. The van der Waals surface area contributed by atoms with Gasteiger partial charge in [0.15, 0.2) is 23.0 Å². The molecule has 1 saturated carbocycles. The normalized spacial score (nSPS) is 39.4. The molecule has 51 heavy (non-hydrogen) atoms. The highest BCUT2D eigenvalue weighted by atomic mass is 17.1. The van der Waals surface area contributed by atoms with Crippen LogP contribution in [0.2, 0.25) is 0 Å². The molecule has 0 spiro atoms. The molecule has 0 amide bonds. The maximum absolute atomic E-state index is 10.7. The summed E-state index contributed by atoms with van der Waals surface area (Å²) in [5, 5.41) is 82.1. The van der Waals surface area contributed by atoms with Gasteiger partial charge in [-0.1, -0.05) is 6.07 Å². The minimum Gasteiger partial charge on any atom is -0.493 e. The third-order valence-electron chi connectivity index (χ3n) is 10.2. The molecule has 18 heteroatoms. The smallest absolute Gasteiger partial charge is 0.231 e. The summed E-state index contributed by atoms with van der Waals surface area (Å²) in [7, 11) is 1.37. The Balaban J connectivity index is 1.01. The van der Waals surface area contributed by atoms with Crippen LogP contribution in [0.4, 0.5) is 0 Å². The van der Waals surface area contributed by atoms with Gasteiger partial charge in [0.2, 0.25) is 25.7 Å². The van der Waals surface area contributed by atoms with Gasteiger partial charge in [0, 0.05) is 24.5 Å². The highest BCUT2D eigenvalue weighted by molar-refractivity contribution is 5.46. The summed E-state index contributed by atoms with van der Waals surface area (Å²) < 4.78 is 52.0. The Morgan fingerprint density at radius 1 is 0.765 bits per heavy atom. The van der Waals surface area contributed by atoms with Crippen LogP contribution in [0.25, 0.3) is 0 Å². The molecule has 4 fully saturated rings. The number of fused-ring (bicyclic) bond motifs is 2. The van der Waals surface area contributed by atoms with E-state index in [1.165, 1.54) is 19.2 Å². The largest absolute Gasteiger partial charge is 0.493 e. The number of ether oxygens (including phenoxy) is 9. The van der Waals surface area contributed by atoms with Gasteiger partial charge < -0.3 is 78.4 Å². The van der Waals surface area contributed by atoms with Crippen molar-refractivity contribution in [2.24, 2.45) is 17.8 Å². The minimum absolute atomic E-state index is 0.0318. The lowest BCUT2D eigenvalue weighted by Gasteiger charge is -2.44. The number of hydrogen-bond acceptors (Lipinski definition) is 18. The van der Waals surface area contributed by atoms with Crippen LogP contribution in [-0.4, -0.2) is 142 Å². The summed E-state index contributed by atoms with van der Waals surface area (Å²) in [6.45, 7) is 0.447. The lowest BCUT2D eigenvalue weighted by atomic mass is 9.81. The van der Waals surface area contributed by atoms with Crippen LogP contribution < -0.4 is 23.7 Å². The fraction of sp³-hybridized carbons (Fsp3) is 0.636. The Morgan fingerprint density at radius 3 is 2.29 bits per heavy atom. The van der Waals surface area contributed by atoms with Gasteiger partial charge in [-0.3, -0.25) is 0 Å². The average molecular weight is 727 g/mol. The second kappa shape index (κ2) is 15.1. The van der Waals surface area contributed by atoms with Crippen molar-refractivity contribution in [1.29, 1.82) is 0 Å². The zero-order chi connectivity index (χ0) is 36.0. The number of benzene rings is 2. The van der Waals surface area contributed by atoms with E-state index < -0.39 is 80.2 Å². The maximum Gasteiger partial charge on any atom is 0.231 e. The molecule has 2 aromatic carbocycles. The standard InChI is InChI=1S/C33H42O18/c1-42-20-8-15(47-31-17-11-43-29(16(17)10-44-31)13-2-4-18-21(6-13)46-12-45-18)3-5-19(20)48-32-28(40)26(38)27(39)30(50-32)33(51-41)49-22-7-14(9-34)23(35)25(37)24(22)36/h2-6,8,14,16-17,22-41H,7,9-12H2,1H3/t14-,16+,17-,22+,23-,24+,25+,26+,27+,28-,29-,30+,31-,32+,33-/m1/s1. The summed E-state index contributed by atoms with van der Waals surface area (Å²) in [5.74, 6) is 0.989. The van der Waals surface area contributed by atoms with E-state index in [0.29, 0.717) is 30.5 Å². The summed E-state index contributed by atoms with van der Waals surface area (Å²) >= 11 is 0. The van der Waals surface area contributed by atoms with Crippen molar-refractivity contribution >= 4 is 0 Å². The predicted molar refractivity (Wildman–Crippen MR) is 164 cm³/mol. The Morgan fingerprint density at radius 2 is 1.53 bits per heavy atom.